The standard InChI is InChI=1S/C22H32O3/c1-3-4-11-25-20-13-17-14(12-19(20)23)5-6-16-15(17)9-10-22(2)18(16)7-8-21(22)24/h12-13,15-16,18,21,23-24H,3-11H2,1-2H3/t15?,16?,18?,21-,22-/m0/s1. The third-order valence-electron chi connectivity index (χ3n) is 7.51. The van der Waals surface area contributed by atoms with E-state index in [1.165, 1.54) is 24.0 Å². The highest BCUT2D eigenvalue weighted by atomic mass is 16.5. The highest BCUT2D eigenvalue weighted by molar-refractivity contribution is 5.49. The zero-order valence-corrected chi connectivity index (χ0v) is 15.6. The quantitative estimate of drug-likeness (QED) is 0.772. The van der Waals surface area contributed by atoms with Crippen molar-refractivity contribution in [1.29, 1.82) is 0 Å². The van der Waals surface area contributed by atoms with Crippen LogP contribution in [0.25, 0.3) is 0 Å². The maximum Gasteiger partial charge on any atom is 0.161 e. The topological polar surface area (TPSA) is 49.7 Å². The monoisotopic (exact) mass is 344 g/mol. The van der Waals surface area contributed by atoms with Crippen LogP contribution in [0.2, 0.25) is 0 Å². The first-order valence-electron chi connectivity index (χ1n) is 10.2. The molecular formula is C22H32O3. The lowest BCUT2D eigenvalue weighted by atomic mass is 9.55. The van der Waals surface area contributed by atoms with Gasteiger partial charge < -0.3 is 14.9 Å². The molecule has 0 saturated heterocycles. The second kappa shape index (κ2) is 6.50. The van der Waals surface area contributed by atoms with Crippen LogP contribution < -0.4 is 4.74 Å². The summed E-state index contributed by atoms with van der Waals surface area (Å²) >= 11 is 0. The molecule has 2 N–H and O–H groups in total. The molecule has 0 amide bonds. The van der Waals surface area contributed by atoms with E-state index in [1.807, 2.05) is 6.07 Å². The largest absolute Gasteiger partial charge is 0.504 e. The molecule has 3 heteroatoms. The van der Waals surface area contributed by atoms with Crippen molar-refractivity contribution in [2.75, 3.05) is 6.61 Å². The fraction of sp³-hybridized carbons (Fsp3) is 0.727. The first kappa shape index (κ1) is 17.2. The zero-order chi connectivity index (χ0) is 17.6. The molecule has 3 aliphatic carbocycles. The van der Waals surface area contributed by atoms with Gasteiger partial charge in [0.2, 0.25) is 0 Å². The minimum Gasteiger partial charge on any atom is -0.504 e. The van der Waals surface area contributed by atoms with E-state index < -0.39 is 0 Å². The Kier molecular flexibility index (Phi) is 4.47. The van der Waals surface area contributed by atoms with Crippen molar-refractivity contribution in [3.63, 3.8) is 0 Å². The van der Waals surface area contributed by atoms with E-state index >= 15 is 0 Å². The number of hydrogen-bond acceptors (Lipinski definition) is 3. The number of rotatable bonds is 4. The van der Waals surface area contributed by atoms with E-state index in [0.29, 0.717) is 35.9 Å². The van der Waals surface area contributed by atoms with Crippen molar-refractivity contribution in [1.82, 2.24) is 0 Å². The Morgan fingerprint density at radius 3 is 2.84 bits per heavy atom. The fourth-order valence-electron chi connectivity index (χ4n) is 6.00. The average Bonchev–Trinajstić information content (AvgIpc) is 2.91. The fourth-order valence-corrected chi connectivity index (χ4v) is 6.00. The molecule has 1 aromatic carbocycles. The molecule has 0 radical (unpaired) electrons. The predicted molar refractivity (Wildman–Crippen MR) is 99.1 cm³/mol. The number of benzene rings is 1. The lowest BCUT2D eigenvalue weighted by Crippen LogP contribution is -2.43. The van der Waals surface area contributed by atoms with Gasteiger partial charge in [0.15, 0.2) is 11.5 Å². The van der Waals surface area contributed by atoms with Gasteiger partial charge in [0, 0.05) is 0 Å². The molecule has 25 heavy (non-hydrogen) atoms. The number of phenolic OH excluding ortho intramolecular Hbond substituents is 1. The second-order valence-electron chi connectivity index (χ2n) is 8.77. The molecule has 0 spiro atoms. The number of hydrogen-bond donors (Lipinski definition) is 2. The molecule has 3 unspecified atom stereocenters. The van der Waals surface area contributed by atoms with E-state index in [4.69, 9.17) is 4.74 Å². The minimum atomic E-state index is -0.118. The van der Waals surface area contributed by atoms with Crippen LogP contribution in [0, 0.1) is 17.3 Å². The van der Waals surface area contributed by atoms with Crippen LogP contribution in [0.4, 0.5) is 0 Å². The summed E-state index contributed by atoms with van der Waals surface area (Å²) in [6, 6.07) is 4.08. The van der Waals surface area contributed by atoms with Crippen molar-refractivity contribution in [3.8, 4) is 11.5 Å². The number of aliphatic hydroxyl groups is 1. The van der Waals surface area contributed by atoms with Gasteiger partial charge in [0.05, 0.1) is 12.7 Å². The lowest BCUT2D eigenvalue weighted by molar-refractivity contribution is -0.0226. The number of aryl methyl sites for hydroxylation is 1. The Morgan fingerprint density at radius 1 is 1.20 bits per heavy atom. The summed E-state index contributed by atoms with van der Waals surface area (Å²) in [6.45, 7) is 5.14. The maximum atomic E-state index is 10.5. The third-order valence-corrected chi connectivity index (χ3v) is 7.51. The Hall–Kier alpha value is -1.22. The number of phenols is 1. The number of fused-ring (bicyclic) bond motifs is 5. The van der Waals surface area contributed by atoms with Gasteiger partial charge in [0.1, 0.15) is 0 Å². The highest BCUT2D eigenvalue weighted by Gasteiger charge is 2.54. The summed E-state index contributed by atoms with van der Waals surface area (Å²) in [5.41, 5.74) is 2.84. The Bertz CT molecular complexity index is 640. The summed E-state index contributed by atoms with van der Waals surface area (Å²) in [5, 5.41) is 20.8. The van der Waals surface area contributed by atoms with Crippen molar-refractivity contribution in [2.24, 2.45) is 17.3 Å². The molecule has 4 rings (SSSR count). The van der Waals surface area contributed by atoms with Crippen molar-refractivity contribution >= 4 is 0 Å². The van der Waals surface area contributed by atoms with Gasteiger partial charge in [-0.25, -0.2) is 0 Å². The van der Waals surface area contributed by atoms with Gasteiger partial charge in [-0.05, 0) is 91.4 Å². The SMILES string of the molecule is CCCCOc1cc2c(cc1O)CCC1C2CC[C@@]2(C)C1CC[C@@H]2O. The molecule has 3 aliphatic rings. The molecular weight excluding hydrogens is 312 g/mol. The smallest absolute Gasteiger partial charge is 0.161 e. The van der Waals surface area contributed by atoms with Gasteiger partial charge in [-0.15, -0.1) is 0 Å². The zero-order valence-electron chi connectivity index (χ0n) is 15.6. The van der Waals surface area contributed by atoms with Gasteiger partial charge in [-0.3, -0.25) is 0 Å². The second-order valence-corrected chi connectivity index (χ2v) is 8.77. The maximum absolute atomic E-state index is 10.5. The van der Waals surface area contributed by atoms with Gasteiger partial charge in [0.25, 0.3) is 0 Å². The highest BCUT2D eigenvalue weighted by Crippen LogP contribution is 2.61. The molecule has 0 bridgehead atoms. The van der Waals surface area contributed by atoms with Gasteiger partial charge in [-0.2, -0.15) is 0 Å². The summed E-state index contributed by atoms with van der Waals surface area (Å²) < 4.78 is 5.86. The van der Waals surface area contributed by atoms with E-state index in [9.17, 15) is 10.2 Å². The Morgan fingerprint density at radius 2 is 2.04 bits per heavy atom. The number of aromatic hydroxyl groups is 1. The van der Waals surface area contributed by atoms with Gasteiger partial charge >= 0.3 is 0 Å². The molecule has 3 nitrogen and oxygen atoms in total. The first-order chi connectivity index (χ1) is 12.0. The summed E-state index contributed by atoms with van der Waals surface area (Å²) in [7, 11) is 0. The van der Waals surface area contributed by atoms with Crippen LogP contribution in [0.15, 0.2) is 12.1 Å². The van der Waals surface area contributed by atoms with E-state index in [-0.39, 0.29) is 11.5 Å². The van der Waals surface area contributed by atoms with E-state index in [2.05, 4.69) is 19.9 Å². The van der Waals surface area contributed by atoms with Crippen LogP contribution in [-0.4, -0.2) is 22.9 Å². The Labute approximate surface area is 151 Å². The molecule has 2 saturated carbocycles. The molecule has 138 valence electrons. The predicted octanol–water partition coefficient (Wildman–Crippen LogP) is 4.79. The van der Waals surface area contributed by atoms with Crippen LogP contribution in [0.1, 0.15) is 75.8 Å². The molecule has 5 atom stereocenters. The molecule has 0 aliphatic heterocycles. The molecule has 2 fully saturated rings. The molecule has 0 aromatic heterocycles. The first-order valence-corrected chi connectivity index (χ1v) is 10.2. The minimum absolute atomic E-state index is 0.118. The van der Waals surface area contributed by atoms with E-state index in [1.54, 1.807) is 0 Å². The summed E-state index contributed by atoms with van der Waals surface area (Å²) in [6.07, 6.45) is 8.65. The lowest BCUT2D eigenvalue weighted by Gasteiger charge is -2.50. The van der Waals surface area contributed by atoms with Crippen molar-refractivity contribution in [2.45, 2.75) is 77.2 Å². The normalized spacial score (nSPS) is 36.4. The Balaban J connectivity index is 1.62. The summed E-state index contributed by atoms with van der Waals surface area (Å²) in [5.74, 6) is 2.85. The summed E-state index contributed by atoms with van der Waals surface area (Å²) in [4.78, 5) is 0. The molecule has 0 heterocycles. The van der Waals surface area contributed by atoms with E-state index in [0.717, 1.165) is 38.5 Å². The third kappa shape index (κ3) is 2.75. The molecule has 1 aromatic rings. The van der Waals surface area contributed by atoms with Crippen LogP contribution in [0.3, 0.4) is 0 Å². The van der Waals surface area contributed by atoms with Crippen LogP contribution in [-0.2, 0) is 6.42 Å². The number of unbranched alkanes of at least 4 members (excludes halogenated alkanes) is 1. The van der Waals surface area contributed by atoms with Crippen molar-refractivity contribution in [3.05, 3.63) is 23.3 Å². The number of aliphatic hydroxyl groups excluding tert-OH is 1. The van der Waals surface area contributed by atoms with Crippen LogP contribution >= 0.6 is 0 Å². The average molecular weight is 344 g/mol. The van der Waals surface area contributed by atoms with Crippen molar-refractivity contribution < 1.29 is 14.9 Å². The van der Waals surface area contributed by atoms with Gasteiger partial charge in [-0.1, -0.05) is 20.3 Å². The van der Waals surface area contributed by atoms with Crippen LogP contribution in [0.5, 0.6) is 11.5 Å². The number of ether oxygens (including phenoxy) is 1.